The van der Waals surface area contributed by atoms with Gasteiger partial charge in [0.25, 0.3) is 0 Å². The van der Waals surface area contributed by atoms with Gasteiger partial charge in [-0.05, 0) is 24.3 Å². The van der Waals surface area contributed by atoms with Crippen LogP contribution in [-0.4, -0.2) is 17.0 Å². The molecule has 2 rings (SSSR count). The maximum absolute atomic E-state index is 11.5. The van der Waals surface area contributed by atoms with Crippen molar-refractivity contribution in [3.63, 3.8) is 0 Å². The number of anilines is 1. The molecule has 102 valence electrons. The molecule has 0 atom stereocenters. The van der Waals surface area contributed by atoms with Gasteiger partial charge in [0.05, 0.1) is 5.69 Å². The fourth-order valence-electron chi connectivity index (χ4n) is 1.61. The zero-order chi connectivity index (χ0) is 14.4. The molecule has 5 heteroatoms. The summed E-state index contributed by atoms with van der Waals surface area (Å²) in [6.07, 6.45) is -0.537. The lowest BCUT2D eigenvalue weighted by atomic mass is 10.3. The number of nitrogens with one attached hydrogen (secondary N) is 1. The molecule has 0 fully saturated rings. The Kier molecular flexibility index (Phi) is 4.79. The molecule has 2 aromatic rings. The van der Waals surface area contributed by atoms with Crippen LogP contribution in [0.3, 0.4) is 0 Å². The van der Waals surface area contributed by atoms with Crippen LogP contribution in [0.25, 0.3) is 0 Å². The van der Waals surface area contributed by atoms with Gasteiger partial charge in [-0.15, -0.1) is 0 Å². The molecule has 20 heavy (non-hydrogen) atoms. The first-order valence-electron chi connectivity index (χ1n) is 5.99. The van der Waals surface area contributed by atoms with Crippen molar-refractivity contribution in [1.29, 1.82) is 0 Å². The number of aliphatic carboxylic acids is 1. The van der Waals surface area contributed by atoms with Crippen molar-refractivity contribution < 1.29 is 14.7 Å². The first-order valence-corrected chi connectivity index (χ1v) is 6.80. The lowest BCUT2D eigenvalue weighted by molar-refractivity contribution is -0.139. The van der Waals surface area contributed by atoms with Crippen LogP contribution < -0.4 is 5.32 Å². The summed E-state index contributed by atoms with van der Waals surface area (Å²) in [5, 5.41) is 11.2. The number of hydrogen-bond acceptors (Lipinski definition) is 3. The molecule has 0 aliphatic rings. The monoisotopic (exact) mass is 287 g/mol. The molecule has 4 nitrogen and oxygen atoms in total. The molecule has 0 unspecified atom stereocenters. The Balaban J connectivity index is 2.14. The van der Waals surface area contributed by atoms with Crippen LogP contribution in [0, 0.1) is 0 Å². The summed E-state index contributed by atoms with van der Waals surface area (Å²) < 4.78 is 0. The highest BCUT2D eigenvalue weighted by Crippen LogP contribution is 2.33. The maximum Gasteiger partial charge on any atom is 0.312 e. The van der Waals surface area contributed by atoms with E-state index in [1.165, 1.54) is 11.8 Å². The first-order chi connectivity index (χ1) is 9.65. The van der Waals surface area contributed by atoms with Gasteiger partial charge in [0.1, 0.15) is 6.42 Å². The van der Waals surface area contributed by atoms with E-state index in [1.54, 1.807) is 12.1 Å². The Morgan fingerprint density at radius 3 is 2.35 bits per heavy atom. The van der Waals surface area contributed by atoms with E-state index in [2.05, 4.69) is 5.32 Å². The summed E-state index contributed by atoms with van der Waals surface area (Å²) in [4.78, 5) is 24.0. The van der Waals surface area contributed by atoms with Gasteiger partial charge in [-0.25, -0.2) is 0 Å². The average Bonchev–Trinajstić information content (AvgIpc) is 2.41. The van der Waals surface area contributed by atoms with Crippen LogP contribution in [0.4, 0.5) is 5.69 Å². The van der Waals surface area contributed by atoms with Crippen LogP contribution in [0.1, 0.15) is 6.42 Å². The van der Waals surface area contributed by atoms with Gasteiger partial charge < -0.3 is 10.4 Å². The van der Waals surface area contributed by atoms with Crippen LogP contribution >= 0.6 is 11.8 Å². The zero-order valence-electron chi connectivity index (χ0n) is 10.6. The van der Waals surface area contributed by atoms with Crippen molar-refractivity contribution in [1.82, 2.24) is 0 Å². The van der Waals surface area contributed by atoms with Gasteiger partial charge >= 0.3 is 5.97 Å². The van der Waals surface area contributed by atoms with E-state index in [1.807, 2.05) is 42.5 Å². The van der Waals surface area contributed by atoms with Crippen LogP contribution in [0.15, 0.2) is 64.4 Å². The third-order valence-corrected chi connectivity index (χ3v) is 3.53. The SMILES string of the molecule is O=C(O)CC(=O)Nc1ccccc1Sc1ccccc1. The number of hydrogen-bond donors (Lipinski definition) is 2. The first kappa shape index (κ1) is 14.1. The fraction of sp³-hybridized carbons (Fsp3) is 0.0667. The third-order valence-electron chi connectivity index (χ3n) is 2.44. The normalized spacial score (nSPS) is 10.0. The Hall–Kier alpha value is -2.27. The van der Waals surface area contributed by atoms with E-state index in [0.29, 0.717) is 5.69 Å². The van der Waals surface area contributed by atoms with E-state index in [4.69, 9.17) is 5.11 Å². The summed E-state index contributed by atoms with van der Waals surface area (Å²) in [6.45, 7) is 0. The quantitative estimate of drug-likeness (QED) is 0.828. The number of carbonyl (C=O) groups excluding carboxylic acids is 1. The molecule has 0 radical (unpaired) electrons. The Bertz CT molecular complexity index is 614. The minimum atomic E-state index is -1.14. The predicted molar refractivity (Wildman–Crippen MR) is 77.9 cm³/mol. The lowest BCUT2D eigenvalue weighted by Crippen LogP contribution is -2.16. The highest BCUT2D eigenvalue weighted by Gasteiger charge is 2.10. The summed E-state index contributed by atoms with van der Waals surface area (Å²) >= 11 is 1.51. The van der Waals surface area contributed by atoms with Gasteiger partial charge in [0.15, 0.2) is 0 Å². The van der Waals surface area contributed by atoms with E-state index in [0.717, 1.165) is 9.79 Å². The van der Waals surface area contributed by atoms with Gasteiger partial charge in [-0.3, -0.25) is 9.59 Å². The highest BCUT2D eigenvalue weighted by molar-refractivity contribution is 7.99. The van der Waals surface area contributed by atoms with Gasteiger partial charge in [-0.2, -0.15) is 0 Å². The molecule has 0 aliphatic heterocycles. The van der Waals surface area contributed by atoms with Gasteiger partial charge in [0, 0.05) is 9.79 Å². The number of amides is 1. The molecule has 0 aromatic heterocycles. The van der Waals surface area contributed by atoms with Crippen molar-refractivity contribution in [2.75, 3.05) is 5.32 Å². The van der Waals surface area contributed by atoms with Gasteiger partial charge in [-0.1, -0.05) is 42.1 Å². The second-order valence-electron chi connectivity index (χ2n) is 4.03. The molecule has 0 saturated heterocycles. The average molecular weight is 287 g/mol. The molecule has 2 aromatic carbocycles. The maximum atomic E-state index is 11.5. The van der Waals surface area contributed by atoms with Crippen LogP contribution in [-0.2, 0) is 9.59 Å². The van der Waals surface area contributed by atoms with Gasteiger partial charge in [0.2, 0.25) is 5.91 Å². The lowest BCUT2D eigenvalue weighted by Gasteiger charge is -2.09. The highest BCUT2D eigenvalue weighted by atomic mass is 32.2. The van der Waals surface area contributed by atoms with Crippen molar-refractivity contribution >= 4 is 29.3 Å². The molecule has 2 N–H and O–H groups in total. The number of carbonyl (C=O) groups is 2. The van der Waals surface area contributed by atoms with E-state index in [-0.39, 0.29) is 0 Å². The Labute approximate surface area is 120 Å². The molecule has 0 spiro atoms. The molecular formula is C15H13NO3S. The second-order valence-corrected chi connectivity index (χ2v) is 5.15. The fourth-order valence-corrected chi connectivity index (χ4v) is 2.53. The number of carboxylic acids is 1. The van der Waals surface area contributed by atoms with E-state index in [9.17, 15) is 9.59 Å². The summed E-state index contributed by atoms with van der Waals surface area (Å²) in [6, 6.07) is 17.1. The summed E-state index contributed by atoms with van der Waals surface area (Å²) in [5.41, 5.74) is 0.618. The smallest absolute Gasteiger partial charge is 0.312 e. The Morgan fingerprint density at radius 2 is 1.65 bits per heavy atom. The molecule has 0 heterocycles. The molecule has 1 amide bonds. The molecular weight excluding hydrogens is 274 g/mol. The number of rotatable bonds is 5. The second kappa shape index (κ2) is 6.77. The minimum Gasteiger partial charge on any atom is -0.481 e. The summed E-state index contributed by atoms with van der Waals surface area (Å²) in [7, 11) is 0. The zero-order valence-corrected chi connectivity index (χ0v) is 11.4. The van der Waals surface area contributed by atoms with E-state index >= 15 is 0 Å². The summed E-state index contributed by atoms with van der Waals surface area (Å²) in [5.74, 6) is -1.67. The topological polar surface area (TPSA) is 66.4 Å². The van der Waals surface area contributed by atoms with Crippen LogP contribution in [0.2, 0.25) is 0 Å². The van der Waals surface area contributed by atoms with E-state index < -0.39 is 18.3 Å². The Morgan fingerprint density at radius 1 is 1.00 bits per heavy atom. The number of benzene rings is 2. The standard InChI is InChI=1S/C15H13NO3S/c17-14(10-15(18)19)16-12-8-4-5-9-13(12)20-11-6-2-1-3-7-11/h1-9H,10H2,(H,16,17)(H,18,19). The van der Waals surface area contributed by atoms with Crippen molar-refractivity contribution in [3.8, 4) is 0 Å². The van der Waals surface area contributed by atoms with Crippen LogP contribution in [0.5, 0.6) is 0 Å². The van der Waals surface area contributed by atoms with Crippen molar-refractivity contribution in [3.05, 3.63) is 54.6 Å². The van der Waals surface area contributed by atoms with Crippen molar-refractivity contribution in [2.24, 2.45) is 0 Å². The minimum absolute atomic E-state index is 0.529. The third kappa shape index (κ3) is 4.13. The molecule has 0 bridgehead atoms. The predicted octanol–water partition coefficient (Wildman–Crippen LogP) is 3.25. The van der Waals surface area contributed by atoms with Crippen molar-refractivity contribution in [2.45, 2.75) is 16.2 Å². The number of carboxylic acid groups (broad SMARTS) is 1. The number of para-hydroxylation sites is 1. The molecule has 0 saturated carbocycles. The largest absolute Gasteiger partial charge is 0.481 e. The molecule has 0 aliphatic carbocycles.